The van der Waals surface area contributed by atoms with Gasteiger partial charge in [0.05, 0.1) is 10.6 Å². The molecule has 0 radical (unpaired) electrons. The number of rotatable bonds is 3. The lowest BCUT2D eigenvalue weighted by Gasteiger charge is -2.35. The number of nitro benzene ring substituents is 1. The van der Waals surface area contributed by atoms with Crippen LogP contribution in [0, 0.1) is 16.0 Å². The average Bonchev–Trinajstić information content (AvgIpc) is 2.91. The van der Waals surface area contributed by atoms with Gasteiger partial charge >= 0.3 is 0 Å². The van der Waals surface area contributed by atoms with Crippen molar-refractivity contribution in [2.24, 2.45) is 5.92 Å². The molecule has 1 saturated heterocycles. The van der Waals surface area contributed by atoms with Crippen molar-refractivity contribution < 1.29 is 9.72 Å². The molecule has 2 aromatic carbocycles. The summed E-state index contributed by atoms with van der Waals surface area (Å²) >= 11 is 1.84. The molecule has 152 valence electrons. The van der Waals surface area contributed by atoms with Gasteiger partial charge in [-0.25, -0.2) is 0 Å². The summed E-state index contributed by atoms with van der Waals surface area (Å²) in [5.74, 6) is 0.148. The van der Waals surface area contributed by atoms with Crippen molar-refractivity contribution in [3.8, 4) is 0 Å². The van der Waals surface area contributed by atoms with Gasteiger partial charge in [0.25, 0.3) is 5.69 Å². The Balaban J connectivity index is 1.48. The second-order valence-corrected chi connectivity index (χ2v) is 9.16. The third-order valence-corrected chi connectivity index (χ3v) is 7.01. The van der Waals surface area contributed by atoms with Crippen LogP contribution in [0.2, 0.25) is 0 Å². The Kier molecular flexibility index (Phi) is 5.76. The quantitative estimate of drug-likeness (QED) is 0.540. The fourth-order valence-corrected chi connectivity index (χ4v) is 5.30. The van der Waals surface area contributed by atoms with Crippen molar-refractivity contribution in [3.63, 3.8) is 0 Å². The van der Waals surface area contributed by atoms with Crippen LogP contribution in [0.4, 0.5) is 17.1 Å². The topological polar surface area (TPSA) is 66.7 Å². The predicted molar refractivity (Wildman–Crippen MR) is 117 cm³/mol. The zero-order chi connectivity index (χ0) is 20.4. The number of benzene rings is 2. The first-order valence-electron chi connectivity index (χ1n) is 10.1. The molecule has 4 rings (SSSR count). The Morgan fingerprint density at radius 2 is 1.66 bits per heavy atom. The molecule has 29 heavy (non-hydrogen) atoms. The van der Waals surface area contributed by atoms with Crippen LogP contribution >= 0.6 is 11.8 Å². The van der Waals surface area contributed by atoms with Gasteiger partial charge in [-0.05, 0) is 37.5 Å². The summed E-state index contributed by atoms with van der Waals surface area (Å²) in [6, 6.07) is 15.0. The molecule has 6 nitrogen and oxygen atoms in total. The van der Waals surface area contributed by atoms with Gasteiger partial charge in [-0.3, -0.25) is 14.9 Å². The van der Waals surface area contributed by atoms with E-state index in [2.05, 4.69) is 13.0 Å². The highest BCUT2D eigenvalue weighted by atomic mass is 32.2. The van der Waals surface area contributed by atoms with Gasteiger partial charge in [-0.15, -0.1) is 11.8 Å². The number of nitro groups is 1. The molecule has 1 atom stereocenters. The van der Waals surface area contributed by atoms with Gasteiger partial charge in [-0.1, -0.05) is 31.2 Å². The maximum Gasteiger partial charge on any atom is 0.292 e. The molecule has 1 fully saturated rings. The molecule has 0 aliphatic carbocycles. The van der Waals surface area contributed by atoms with Crippen LogP contribution in [0.25, 0.3) is 0 Å². The van der Waals surface area contributed by atoms with E-state index in [1.807, 2.05) is 45.8 Å². The summed E-state index contributed by atoms with van der Waals surface area (Å²) in [7, 11) is 0. The van der Waals surface area contributed by atoms with Crippen LogP contribution in [0.1, 0.15) is 26.2 Å². The Morgan fingerprint density at radius 3 is 2.38 bits per heavy atom. The number of piperidine rings is 1. The number of fused-ring (bicyclic) bond motifs is 1. The fourth-order valence-electron chi connectivity index (χ4n) is 4.19. The Hall–Kier alpha value is -2.54. The number of carbonyl (C=O) groups is 1. The summed E-state index contributed by atoms with van der Waals surface area (Å²) in [4.78, 5) is 29.6. The van der Waals surface area contributed by atoms with Crippen LogP contribution in [0.15, 0.2) is 53.4 Å². The fraction of sp³-hybridized carbons (Fsp3) is 0.409. The van der Waals surface area contributed by atoms with E-state index in [0.717, 1.165) is 18.7 Å². The standard InChI is InChI=1S/C22H25N3O3S/c1-16-10-15-24(20-8-4-5-9-21(20)29-16)22(26)17-11-13-23(14-12-17)18-6-2-3-7-19(18)25(27)28/h2-9,16-17H,10-15H2,1H3. The van der Waals surface area contributed by atoms with Gasteiger partial charge in [-0.2, -0.15) is 0 Å². The van der Waals surface area contributed by atoms with Crippen molar-refractivity contribution in [2.75, 3.05) is 29.4 Å². The summed E-state index contributed by atoms with van der Waals surface area (Å²) < 4.78 is 0. The molecule has 2 aliphatic rings. The molecule has 1 amide bonds. The zero-order valence-corrected chi connectivity index (χ0v) is 17.3. The normalized spacial score (nSPS) is 20.1. The van der Waals surface area contributed by atoms with E-state index in [9.17, 15) is 14.9 Å². The number of carbonyl (C=O) groups excluding carboxylic acids is 1. The average molecular weight is 412 g/mol. The van der Waals surface area contributed by atoms with E-state index < -0.39 is 0 Å². The van der Waals surface area contributed by atoms with Gasteiger partial charge in [0.1, 0.15) is 5.69 Å². The van der Waals surface area contributed by atoms with Gasteiger partial charge in [0.2, 0.25) is 5.91 Å². The highest BCUT2D eigenvalue weighted by molar-refractivity contribution is 8.00. The molecule has 2 heterocycles. The molecule has 1 unspecified atom stereocenters. The van der Waals surface area contributed by atoms with E-state index >= 15 is 0 Å². The largest absolute Gasteiger partial charge is 0.366 e. The number of anilines is 2. The van der Waals surface area contributed by atoms with Crippen LogP contribution in [-0.2, 0) is 4.79 Å². The minimum atomic E-state index is -0.334. The first-order chi connectivity index (χ1) is 14.0. The highest BCUT2D eigenvalue weighted by Gasteiger charge is 2.33. The van der Waals surface area contributed by atoms with E-state index in [4.69, 9.17) is 0 Å². The summed E-state index contributed by atoms with van der Waals surface area (Å²) in [6.45, 7) is 4.26. The molecule has 2 aliphatic heterocycles. The smallest absolute Gasteiger partial charge is 0.292 e. The van der Waals surface area contributed by atoms with Crippen molar-refractivity contribution in [1.29, 1.82) is 0 Å². The monoisotopic (exact) mass is 411 g/mol. The third-order valence-electron chi connectivity index (χ3n) is 5.77. The van der Waals surface area contributed by atoms with Crippen molar-refractivity contribution in [3.05, 3.63) is 58.6 Å². The van der Waals surface area contributed by atoms with E-state index in [0.29, 0.717) is 36.9 Å². The van der Waals surface area contributed by atoms with Gasteiger partial charge in [0.15, 0.2) is 0 Å². The third kappa shape index (κ3) is 4.10. The van der Waals surface area contributed by atoms with Gasteiger partial charge < -0.3 is 9.80 Å². The molecular formula is C22H25N3O3S. The maximum atomic E-state index is 13.4. The minimum absolute atomic E-state index is 0.0412. The number of para-hydroxylation sites is 3. The number of nitrogens with zero attached hydrogens (tertiary/aromatic N) is 3. The molecule has 0 aromatic heterocycles. The second-order valence-electron chi connectivity index (χ2n) is 7.68. The predicted octanol–water partition coefficient (Wildman–Crippen LogP) is 4.73. The lowest BCUT2D eigenvalue weighted by Crippen LogP contribution is -2.43. The molecule has 0 spiro atoms. The molecule has 0 saturated carbocycles. The zero-order valence-electron chi connectivity index (χ0n) is 16.5. The lowest BCUT2D eigenvalue weighted by atomic mass is 9.94. The SMILES string of the molecule is CC1CCN(C(=O)C2CCN(c3ccccc3[N+](=O)[O-])CC2)c2ccccc2S1. The number of thioether (sulfide) groups is 1. The number of hydrogen-bond donors (Lipinski definition) is 0. The molecule has 2 aromatic rings. The summed E-state index contributed by atoms with van der Waals surface area (Å²) in [5.41, 5.74) is 1.80. The first-order valence-corrected chi connectivity index (χ1v) is 11.0. The Labute approximate surface area is 175 Å². The highest BCUT2D eigenvalue weighted by Crippen LogP contribution is 2.39. The Bertz CT molecular complexity index is 912. The van der Waals surface area contributed by atoms with Crippen molar-refractivity contribution >= 4 is 34.7 Å². The van der Waals surface area contributed by atoms with Gasteiger partial charge in [0, 0.05) is 41.8 Å². The second kappa shape index (κ2) is 8.45. The number of amides is 1. The van der Waals surface area contributed by atoms with E-state index in [1.165, 1.54) is 4.90 Å². The molecule has 0 N–H and O–H groups in total. The molecule has 7 heteroatoms. The van der Waals surface area contributed by atoms with Crippen molar-refractivity contribution in [2.45, 2.75) is 36.3 Å². The van der Waals surface area contributed by atoms with Crippen LogP contribution < -0.4 is 9.80 Å². The van der Waals surface area contributed by atoms with E-state index in [-0.39, 0.29) is 22.4 Å². The Morgan fingerprint density at radius 1 is 1.00 bits per heavy atom. The van der Waals surface area contributed by atoms with E-state index in [1.54, 1.807) is 18.2 Å². The molecule has 0 bridgehead atoms. The first kappa shape index (κ1) is 19.8. The van der Waals surface area contributed by atoms with Crippen LogP contribution in [0.3, 0.4) is 0 Å². The summed E-state index contributed by atoms with van der Waals surface area (Å²) in [6.07, 6.45) is 2.40. The number of hydrogen-bond acceptors (Lipinski definition) is 5. The van der Waals surface area contributed by atoms with Crippen molar-refractivity contribution in [1.82, 2.24) is 0 Å². The molecular weight excluding hydrogens is 386 g/mol. The lowest BCUT2D eigenvalue weighted by molar-refractivity contribution is -0.384. The van der Waals surface area contributed by atoms with Crippen LogP contribution in [0.5, 0.6) is 0 Å². The van der Waals surface area contributed by atoms with Crippen LogP contribution in [-0.4, -0.2) is 35.7 Å². The minimum Gasteiger partial charge on any atom is -0.366 e. The maximum absolute atomic E-state index is 13.4. The summed E-state index contributed by atoms with van der Waals surface area (Å²) in [5, 5.41) is 11.8.